The van der Waals surface area contributed by atoms with E-state index in [-0.39, 0.29) is 5.57 Å². The minimum Gasteiger partial charge on any atom is -0.481 e. The van der Waals surface area contributed by atoms with Gasteiger partial charge in [-0.2, -0.15) is 0 Å². The van der Waals surface area contributed by atoms with Crippen molar-refractivity contribution in [2.75, 3.05) is 0 Å². The summed E-state index contributed by atoms with van der Waals surface area (Å²) in [4.78, 5) is 62.3. The first-order valence-corrected chi connectivity index (χ1v) is 6.46. The molecule has 0 amide bonds. The number of hydrogen-bond donors (Lipinski definition) is 4. The Labute approximate surface area is 146 Å². The predicted octanol–water partition coefficient (Wildman–Crippen LogP) is 0.220. The summed E-state index contributed by atoms with van der Waals surface area (Å²) in [5.41, 5.74) is -1.15. The number of hydrogen-bond acceptors (Lipinski definition) is 7. The van der Waals surface area contributed by atoms with Crippen molar-refractivity contribution in [3.05, 3.63) is 36.5 Å². The molecule has 0 unspecified atom stereocenters. The van der Waals surface area contributed by atoms with Crippen LogP contribution in [0.15, 0.2) is 36.5 Å². The number of aliphatic carboxylic acids is 4. The molecule has 26 heavy (non-hydrogen) atoms. The van der Waals surface area contributed by atoms with Gasteiger partial charge in [0.15, 0.2) is 0 Å². The van der Waals surface area contributed by atoms with Gasteiger partial charge < -0.3 is 25.2 Å². The Balaban J connectivity index is 0. The molecule has 0 atom stereocenters. The van der Waals surface area contributed by atoms with Gasteiger partial charge in [-0.3, -0.25) is 14.4 Å². The normalized spacial score (nSPS) is 8.92. The third kappa shape index (κ3) is 12.8. The zero-order chi connectivity index (χ0) is 21.0. The van der Waals surface area contributed by atoms with Gasteiger partial charge in [0, 0.05) is 16.7 Å². The molecule has 11 heteroatoms. The van der Waals surface area contributed by atoms with Crippen LogP contribution < -0.4 is 0 Å². The van der Waals surface area contributed by atoms with Crippen LogP contribution in [0.4, 0.5) is 0 Å². The van der Waals surface area contributed by atoms with E-state index >= 15 is 0 Å². The standard InChI is InChI=1S/C10H10O7.C5H6O4/c1-5(3-7(11)12)9(15)17-10(16)6(2)4-8(13)14;1-3(5(8)9)2-4(6)7/h1-4H2,(H,11,12)(H,13,14);1-2H2,(H,6,7)(H,8,9). The lowest BCUT2D eigenvalue weighted by Gasteiger charge is -2.04. The van der Waals surface area contributed by atoms with Crippen molar-refractivity contribution in [2.45, 2.75) is 19.3 Å². The summed E-state index contributed by atoms with van der Waals surface area (Å²) in [7, 11) is 0. The highest BCUT2D eigenvalue weighted by molar-refractivity contribution is 6.04. The van der Waals surface area contributed by atoms with E-state index in [1.54, 1.807) is 0 Å². The molecule has 0 aromatic carbocycles. The van der Waals surface area contributed by atoms with Crippen molar-refractivity contribution < 1.29 is 53.9 Å². The van der Waals surface area contributed by atoms with Crippen LogP contribution in [0.5, 0.6) is 0 Å². The molecular formula is C15H16O11. The van der Waals surface area contributed by atoms with Gasteiger partial charge in [-0.15, -0.1) is 0 Å². The zero-order valence-corrected chi connectivity index (χ0v) is 13.4. The van der Waals surface area contributed by atoms with Crippen LogP contribution in [0.25, 0.3) is 0 Å². The molecule has 0 saturated carbocycles. The molecule has 0 aromatic heterocycles. The van der Waals surface area contributed by atoms with Crippen molar-refractivity contribution in [2.24, 2.45) is 0 Å². The van der Waals surface area contributed by atoms with E-state index in [1.165, 1.54) is 0 Å². The highest BCUT2D eigenvalue weighted by Crippen LogP contribution is 2.06. The molecule has 0 aliphatic heterocycles. The van der Waals surface area contributed by atoms with Crippen molar-refractivity contribution in [1.82, 2.24) is 0 Å². The molecule has 0 spiro atoms. The van der Waals surface area contributed by atoms with Gasteiger partial charge in [-0.1, -0.05) is 19.7 Å². The second-order valence-electron chi connectivity index (χ2n) is 4.50. The SMILES string of the molecule is C=C(CC(=O)O)C(=O)O.C=C(CC(=O)O)C(=O)OC(=O)C(=C)CC(=O)O. The number of carbonyl (C=O) groups excluding carboxylic acids is 2. The third-order valence-electron chi connectivity index (χ3n) is 2.16. The first-order chi connectivity index (χ1) is 11.8. The number of rotatable bonds is 9. The molecule has 0 fully saturated rings. The molecule has 4 N–H and O–H groups in total. The van der Waals surface area contributed by atoms with Gasteiger partial charge >= 0.3 is 35.8 Å². The van der Waals surface area contributed by atoms with Crippen molar-refractivity contribution in [3.8, 4) is 0 Å². The Kier molecular flexibility index (Phi) is 11.0. The van der Waals surface area contributed by atoms with Crippen LogP contribution in [0, 0.1) is 0 Å². The van der Waals surface area contributed by atoms with Crippen LogP contribution in [0.2, 0.25) is 0 Å². The van der Waals surface area contributed by atoms with Gasteiger partial charge in [0.05, 0.1) is 19.3 Å². The largest absolute Gasteiger partial charge is 0.481 e. The van der Waals surface area contributed by atoms with Crippen LogP contribution >= 0.6 is 0 Å². The molecule has 0 heterocycles. The Morgan fingerprint density at radius 2 is 0.846 bits per heavy atom. The molecule has 142 valence electrons. The minimum absolute atomic E-state index is 0.303. The topological polar surface area (TPSA) is 193 Å². The molecule has 0 bridgehead atoms. The summed E-state index contributed by atoms with van der Waals surface area (Å²) in [6, 6.07) is 0. The summed E-state index contributed by atoms with van der Waals surface area (Å²) < 4.78 is 4.17. The maximum absolute atomic E-state index is 11.1. The van der Waals surface area contributed by atoms with Gasteiger partial charge in [0.25, 0.3) is 0 Å². The Morgan fingerprint density at radius 3 is 1.04 bits per heavy atom. The third-order valence-corrected chi connectivity index (χ3v) is 2.16. The van der Waals surface area contributed by atoms with Crippen LogP contribution in [0.3, 0.4) is 0 Å². The lowest BCUT2D eigenvalue weighted by molar-refractivity contribution is -0.156. The molecule has 0 aromatic rings. The van der Waals surface area contributed by atoms with E-state index in [2.05, 4.69) is 24.5 Å². The molecule has 11 nitrogen and oxygen atoms in total. The van der Waals surface area contributed by atoms with Crippen molar-refractivity contribution in [3.63, 3.8) is 0 Å². The quantitative estimate of drug-likeness (QED) is 0.246. The monoisotopic (exact) mass is 372 g/mol. The fourth-order valence-corrected chi connectivity index (χ4v) is 0.996. The lowest BCUT2D eigenvalue weighted by atomic mass is 10.2. The second-order valence-corrected chi connectivity index (χ2v) is 4.50. The first kappa shape index (κ1) is 24.5. The van der Waals surface area contributed by atoms with E-state index in [9.17, 15) is 28.8 Å². The lowest BCUT2D eigenvalue weighted by Crippen LogP contribution is -2.18. The number of esters is 2. The smallest absolute Gasteiger partial charge is 0.341 e. The van der Waals surface area contributed by atoms with E-state index < -0.39 is 66.2 Å². The second kappa shape index (κ2) is 11.7. The van der Waals surface area contributed by atoms with Gasteiger partial charge in [-0.05, 0) is 0 Å². The average Bonchev–Trinajstić information content (AvgIpc) is 2.45. The molecule has 0 aliphatic carbocycles. The van der Waals surface area contributed by atoms with Gasteiger partial charge in [0.1, 0.15) is 0 Å². The maximum atomic E-state index is 11.1. The number of carbonyl (C=O) groups is 6. The summed E-state index contributed by atoms with van der Waals surface area (Å²) in [6.45, 7) is 9.24. The van der Waals surface area contributed by atoms with Crippen molar-refractivity contribution >= 4 is 35.8 Å². The fraction of sp³-hybridized carbons (Fsp3) is 0.200. The van der Waals surface area contributed by atoms with Crippen LogP contribution in [-0.4, -0.2) is 56.2 Å². The van der Waals surface area contributed by atoms with E-state index in [4.69, 9.17) is 20.4 Å². The van der Waals surface area contributed by atoms with Gasteiger partial charge in [0.2, 0.25) is 0 Å². The predicted molar refractivity (Wildman–Crippen MR) is 82.9 cm³/mol. The number of carboxylic acids is 4. The summed E-state index contributed by atoms with van der Waals surface area (Å²) >= 11 is 0. The summed E-state index contributed by atoms with van der Waals surface area (Å²) in [6.07, 6.45) is -1.84. The van der Waals surface area contributed by atoms with E-state index in [0.29, 0.717) is 0 Å². The molecule has 0 saturated heterocycles. The van der Waals surface area contributed by atoms with Crippen molar-refractivity contribution in [1.29, 1.82) is 0 Å². The fourth-order valence-electron chi connectivity index (χ4n) is 0.996. The number of carboxylic acid groups (broad SMARTS) is 4. The minimum atomic E-state index is -1.30. The molecule has 0 rings (SSSR count). The molecule has 0 radical (unpaired) electrons. The van der Waals surface area contributed by atoms with E-state index in [1.807, 2.05) is 0 Å². The zero-order valence-electron chi connectivity index (χ0n) is 13.4. The number of ether oxygens (including phenoxy) is 1. The Bertz CT molecular complexity index is 631. The van der Waals surface area contributed by atoms with Gasteiger partial charge in [-0.25, -0.2) is 14.4 Å². The Hall–Kier alpha value is -3.76. The first-order valence-electron chi connectivity index (χ1n) is 6.46. The summed E-state index contributed by atoms with van der Waals surface area (Å²) in [5.74, 6) is -7.49. The summed E-state index contributed by atoms with van der Waals surface area (Å²) in [5, 5.41) is 32.8. The highest BCUT2D eigenvalue weighted by Gasteiger charge is 2.19. The average molecular weight is 372 g/mol. The maximum Gasteiger partial charge on any atom is 0.341 e. The molecule has 0 aliphatic rings. The Morgan fingerprint density at radius 1 is 0.577 bits per heavy atom. The van der Waals surface area contributed by atoms with Crippen LogP contribution in [-0.2, 0) is 33.5 Å². The van der Waals surface area contributed by atoms with E-state index in [0.717, 1.165) is 0 Å². The highest BCUT2D eigenvalue weighted by atomic mass is 16.6. The van der Waals surface area contributed by atoms with Crippen LogP contribution in [0.1, 0.15) is 19.3 Å². The molecular weight excluding hydrogens is 356 g/mol.